The fourth-order valence-electron chi connectivity index (χ4n) is 4.41. The molecule has 7 heteroatoms. The summed E-state index contributed by atoms with van der Waals surface area (Å²) in [6, 6.07) is 12.5. The Morgan fingerprint density at radius 1 is 1.07 bits per heavy atom. The molecule has 0 aromatic heterocycles. The smallest absolute Gasteiger partial charge is 0.251 e. The summed E-state index contributed by atoms with van der Waals surface area (Å²) in [5.41, 5.74) is 3.02. The zero-order valence-electron chi connectivity index (χ0n) is 16.9. The Hall–Kier alpha value is -2.18. The molecule has 1 fully saturated rings. The minimum atomic E-state index is -0.998. The van der Waals surface area contributed by atoms with Gasteiger partial charge in [-0.05, 0) is 62.1 Å². The van der Waals surface area contributed by atoms with Gasteiger partial charge in [0.15, 0.2) is 11.6 Å². The maximum atomic E-state index is 13.2. The van der Waals surface area contributed by atoms with Crippen molar-refractivity contribution in [3.05, 3.63) is 65.2 Å². The van der Waals surface area contributed by atoms with E-state index in [-0.39, 0.29) is 23.9 Å². The molecule has 1 amide bonds. The lowest BCUT2D eigenvalue weighted by Crippen LogP contribution is -2.55. The molecule has 2 aromatic rings. The van der Waals surface area contributed by atoms with Crippen molar-refractivity contribution >= 4 is 24.0 Å². The molecule has 1 atom stereocenters. The molecule has 2 aliphatic rings. The first-order chi connectivity index (χ1) is 14.1. The quantitative estimate of drug-likeness (QED) is 0.696. The summed E-state index contributed by atoms with van der Waals surface area (Å²) in [4.78, 5) is 17.1. The van der Waals surface area contributed by atoms with E-state index in [2.05, 4.69) is 39.4 Å². The number of hydrogen-bond acceptors (Lipinski definition) is 3. The SMILES string of the molecule is Cl.O=C(NCCCCN1CCN2c3ccccc3CCC2C1)c1ccc(F)c(F)c1. The van der Waals surface area contributed by atoms with Crippen molar-refractivity contribution in [2.75, 3.05) is 37.6 Å². The Morgan fingerprint density at radius 3 is 2.73 bits per heavy atom. The fourth-order valence-corrected chi connectivity index (χ4v) is 4.41. The number of nitrogens with one attached hydrogen (secondary N) is 1. The Morgan fingerprint density at radius 2 is 1.90 bits per heavy atom. The molecule has 0 saturated carbocycles. The lowest BCUT2D eigenvalue weighted by Gasteiger charge is -2.46. The van der Waals surface area contributed by atoms with Crippen molar-refractivity contribution < 1.29 is 13.6 Å². The first kappa shape index (κ1) is 22.5. The molecule has 1 unspecified atom stereocenters. The largest absolute Gasteiger partial charge is 0.366 e. The third-order valence-electron chi connectivity index (χ3n) is 5.98. The molecule has 1 saturated heterocycles. The second-order valence-electron chi connectivity index (χ2n) is 7.91. The van der Waals surface area contributed by atoms with Crippen molar-refractivity contribution in [1.29, 1.82) is 0 Å². The molecule has 0 radical (unpaired) electrons. The molecule has 0 bridgehead atoms. The normalized spacial score (nSPS) is 18.2. The second-order valence-corrected chi connectivity index (χ2v) is 7.91. The van der Waals surface area contributed by atoms with Crippen molar-refractivity contribution in [3.63, 3.8) is 0 Å². The van der Waals surface area contributed by atoms with Gasteiger partial charge < -0.3 is 10.2 Å². The van der Waals surface area contributed by atoms with Crippen LogP contribution in [0.15, 0.2) is 42.5 Å². The Kier molecular flexibility index (Phi) is 7.67. The summed E-state index contributed by atoms with van der Waals surface area (Å²) in [7, 11) is 0. The van der Waals surface area contributed by atoms with Crippen LogP contribution in [0.5, 0.6) is 0 Å². The number of amides is 1. The van der Waals surface area contributed by atoms with Crippen LogP contribution in [-0.4, -0.2) is 49.6 Å². The predicted molar refractivity (Wildman–Crippen MR) is 118 cm³/mol. The standard InChI is InChI=1S/C23H27F2N3O.ClH/c24-20-10-8-18(15-21(20)25)23(29)26-11-3-4-12-27-13-14-28-19(16-27)9-7-17-5-1-2-6-22(17)28;/h1-2,5-6,8,10,15,19H,3-4,7,9,11-14,16H2,(H,26,29);1H. The molecule has 2 aliphatic heterocycles. The number of aryl methyl sites for hydroxylation is 1. The number of carbonyl (C=O) groups is 1. The van der Waals surface area contributed by atoms with Crippen molar-refractivity contribution in [3.8, 4) is 0 Å². The van der Waals surface area contributed by atoms with Crippen LogP contribution in [0.2, 0.25) is 0 Å². The van der Waals surface area contributed by atoms with E-state index in [1.807, 2.05) is 0 Å². The fraction of sp³-hybridized carbons (Fsp3) is 0.435. The van der Waals surface area contributed by atoms with Gasteiger partial charge in [0.2, 0.25) is 0 Å². The van der Waals surface area contributed by atoms with Gasteiger partial charge in [0, 0.05) is 43.5 Å². The predicted octanol–water partition coefficient (Wildman–Crippen LogP) is 4.03. The van der Waals surface area contributed by atoms with Gasteiger partial charge in [-0.1, -0.05) is 18.2 Å². The molecule has 1 N–H and O–H groups in total. The van der Waals surface area contributed by atoms with Crippen LogP contribution in [0.1, 0.15) is 35.2 Å². The zero-order valence-corrected chi connectivity index (χ0v) is 17.8. The van der Waals surface area contributed by atoms with Gasteiger partial charge in [0.1, 0.15) is 0 Å². The summed E-state index contributed by atoms with van der Waals surface area (Å²) in [5.74, 6) is -2.30. The van der Waals surface area contributed by atoms with Crippen molar-refractivity contribution in [2.24, 2.45) is 0 Å². The highest BCUT2D eigenvalue weighted by Crippen LogP contribution is 2.32. The van der Waals surface area contributed by atoms with Gasteiger partial charge in [0.05, 0.1) is 0 Å². The van der Waals surface area contributed by atoms with E-state index in [0.717, 1.165) is 57.6 Å². The molecule has 30 heavy (non-hydrogen) atoms. The van der Waals surface area contributed by atoms with E-state index in [0.29, 0.717) is 12.6 Å². The van der Waals surface area contributed by atoms with Gasteiger partial charge in [-0.15, -0.1) is 12.4 Å². The Bertz CT molecular complexity index is 879. The van der Waals surface area contributed by atoms with Crippen LogP contribution in [-0.2, 0) is 6.42 Å². The maximum absolute atomic E-state index is 13.2. The molecule has 2 heterocycles. The highest BCUT2D eigenvalue weighted by atomic mass is 35.5. The maximum Gasteiger partial charge on any atom is 0.251 e. The van der Waals surface area contributed by atoms with Crippen LogP contribution >= 0.6 is 12.4 Å². The minimum Gasteiger partial charge on any atom is -0.366 e. The molecule has 0 spiro atoms. The summed E-state index contributed by atoms with van der Waals surface area (Å²) in [5, 5.41) is 2.78. The number of unbranched alkanes of at least 4 members (excludes halogenated alkanes) is 1. The van der Waals surface area contributed by atoms with Crippen LogP contribution < -0.4 is 10.2 Å². The van der Waals surface area contributed by atoms with E-state index >= 15 is 0 Å². The molecular formula is C23H28ClF2N3O. The minimum absolute atomic E-state index is 0. The van der Waals surface area contributed by atoms with Gasteiger partial charge in [-0.3, -0.25) is 9.69 Å². The Balaban J connectivity index is 0.00000256. The molecular weight excluding hydrogens is 408 g/mol. The monoisotopic (exact) mass is 435 g/mol. The number of hydrogen-bond donors (Lipinski definition) is 1. The van der Waals surface area contributed by atoms with Crippen LogP contribution in [0.3, 0.4) is 0 Å². The topological polar surface area (TPSA) is 35.6 Å². The number of para-hydroxylation sites is 1. The molecule has 4 nitrogen and oxygen atoms in total. The number of fused-ring (bicyclic) bond motifs is 3. The van der Waals surface area contributed by atoms with Crippen LogP contribution in [0.25, 0.3) is 0 Å². The van der Waals surface area contributed by atoms with Crippen molar-refractivity contribution in [2.45, 2.75) is 31.7 Å². The van der Waals surface area contributed by atoms with Gasteiger partial charge >= 0.3 is 0 Å². The second kappa shape index (κ2) is 10.2. The number of nitrogens with zero attached hydrogens (tertiary/aromatic N) is 2. The lowest BCUT2D eigenvalue weighted by molar-refractivity contribution is 0.0952. The van der Waals surface area contributed by atoms with Crippen LogP contribution in [0.4, 0.5) is 14.5 Å². The van der Waals surface area contributed by atoms with Gasteiger partial charge in [-0.25, -0.2) is 8.78 Å². The van der Waals surface area contributed by atoms with Gasteiger partial charge in [0.25, 0.3) is 5.91 Å². The molecule has 4 rings (SSSR count). The summed E-state index contributed by atoms with van der Waals surface area (Å²) in [6.07, 6.45) is 4.23. The van der Waals surface area contributed by atoms with E-state index in [1.165, 1.54) is 23.7 Å². The van der Waals surface area contributed by atoms with Crippen molar-refractivity contribution in [1.82, 2.24) is 10.2 Å². The number of benzene rings is 2. The zero-order chi connectivity index (χ0) is 20.2. The first-order valence-electron chi connectivity index (χ1n) is 10.4. The highest BCUT2D eigenvalue weighted by molar-refractivity contribution is 5.94. The molecule has 2 aromatic carbocycles. The first-order valence-corrected chi connectivity index (χ1v) is 10.4. The summed E-state index contributed by atoms with van der Waals surface area (Å²) in [6.45, 7) is 4.78. The highest BCUT2D eigenvalue weighted by Gasteiger charge is 2.30. The molecule has 0 aliphatic carbocycles. The van der Waals surface area contributed by atoms with E-state index in [9.17, 15) is 13.6 Å². The Labute approximate surface area is 182 Å². The average Bonchev–Trinajstić information content (AvgIpc) is 2.75. The molecule has 162 valence electrons. The van der Waals surface area contributed by atoms with E-state index in [1.54, 1.807) is 0 Å². The number of piperazine rings is 1. The van der Waals surface area contributed by atoms with Gasteiger partial charge in [-0.2, -0.15) is 0 Å². The number of halogens is 3. The van der Waals surface area contributed by atoms with E-state index in [4.69, 9.17) is 0 Å². The number of anilines is 1. The average molecular weight is 436 g/mol. The number of rotatable bonds is 6. The third-order valence-corrected chi connectivity index (χ3v) is 5.98. The van der Waals surface area contributed by atoms with E-state index < -0.39 is 11.6 Å². The summed E-state index contributed by atoms with van der Waals surface area (Å²) < 4.78 is 26.2. The third kappa shape index (κ3) is 5.10. The summed E-state index contributed by atoms with van der Waals surface area (Å²) >= 11 is 0. The number of carbonyl (C=O) groups excluding carboxylic acids is 1. The lowest BCUT2D eigenvalue weighted by atomic mass is 9.94. The van der Waals surface area contributed by atoms with Crippen LogP contribution in [0, 0.1) is 11.6 Å².